The van der Waals surface area contributed by atoms with E-state index in [0.717, 1.165) is 3.93 Å². The fourth-order valence-electron chi connectivity index (χ4n) is 0.549. The molecule has 1 aliphatic heterocycles. The van der Waals surface area contributed by atoms with Crippen LogP contribution in [0.25, 0.3) is 0 Å². The first-order chi connectivity index (χ1) is 3.72. The maximum absolute atomic E-state index is 10.4. The van der Waals surface area contributed by atoms with Gasteiger partial charge in [0.15, 0.2) is 0 Å². The molecular formula is C4H5AtBrNO2. The summed E-state index contributed by atoms with van der Waals surface area (Å²) in [5, 5.41) is 0. The van der Waals surface area contributed by atoms with Gasteiger partial charge in [-0.1, -0.05) is 0 Å². The standard InChI is InChI=1S/C4H4BrNO2.AtH/c5-6-3(7)1-2-4(6)8;/h1-2H2;1H. The van der Waals surface area contributed by atoms with Gasteiger partial charge >= 0.3 is 26.2 Å². The van der Waals surface area contributed by atoms with Gasteiger partial charge in [-0.2, -0.15) is 0 Å². The van der Waals surface area contributed by atoms with Crippen molar-refractivity contribution in [1.82, 2.24) is 3.93 Å². The summed E-state index contributed by atoms with van der Waals surface area (Å²) in [5.41, 5.74) is 0. The molecule has 1 saturated heterocycles. The summed E-state index contributed by atoms with van der Waals surface area (Å²) < 4.78 is 0.979. The molecule has 5 heteroatoms. The number of carbonyl (C=O) groups is 2. The predicted molar refractivity (Wildman–Crippen MR) is 31.4 cm³/mol. The van der Waals surface area contributed by atoms with Crippen LogP contribution in [0.15, 0.2) is 0 Å². The molecule has 0 bridgehead atoms. The quantitative estimate of drug-likeness (QED) is 0.438. The average molecular weight is 389 g/mol. The average Bonchev–Trinajstić information content (AvgIpc) is 1.98. The molecule has 1 heterocycles. The first-order valence-corrected chi connectivity index (χ1v) is 2.94. The van der Waals surface area contributed by atoms with E-state index < -0.39 is 0 Å². The van der Waals surface area contributed by atoms with E-state index in [1.54, 1.807) is 0 Å². The zero-order valence-corrected chi connectivity index (χ0v) is 9.22. The molecule has 1 aliphatic rings. The molecule has 1 rings (SSSR count). The van der Waals surface area contributed by atoms with E-state index in [9.17, 15) is 9.59 Å². The van der Waals surface area contributed by atoms with Gasteiger partial charge in [0.25, 0.3) is 0 Å². The number of rotatable bonds is 0. The molecule has 52 valence electrons. The number of hydrogen-bond acceptors (Lipinski definition) is 2. The normalized spacial score (nSPS) is 18.1. The van der Waals surface area contributed by atoms with Gasteiger partial charge in [0.05, 0.1) is 16.1 Å². The van der Waals surface area contributed by atoms with Gasteiger partial charge in [-0.3, -0.25) is 9.59 Å². The number of carbonyl (C=O) groups excluding carboxylic acids is 2. The summed E-state index contributed by atoms with van der Waals surface area (Å²) in [6, 6.07) is 0. The zero-order chi connectivity index (χ0) is 6.15. The third kappa shape index (κ3) is 1.97. The van der Waals surface area contributed by atoms with Crippen LogP contribution in [0.4, 0.5) is 0 Å². The van der Waals surface area contributed by atoms with Crippen molar-refractivity contribution in [2.75, 3.05) is 0 Å². The van der Waals surface area contributed by atoms with Crippen molar-refractivity contribution in [2.24, 2.45) is 0 Å². The molecule has 0 radical (unpaired) electrons. The maximum atomic E-state index is 10.4. The zero-order valence-electron chi connectivity index (χ0n) is 4.46. The molecule has 0 atom stereocenters. The van der Waals surface area contributed by atoms with E-state index in [2.05, 4.69) is 16.1 Å². The molecule has 0 spiro atoms. The van der Waals surface area contributed by atoms with Gasteiger partial charge in [-0.05, 0) is 0 Å². The molecule has 0 N–H and O–H groups in total. The predicted octanol–water partition coefficient (Wildman–Crippen LogP) is 0.178. The Morgan fingerprint density at radius 3 is 1.67 bits per heavy atom. The Hall–Kier alpha value is 0.503. The summed E-state index contributed by atoms with van der Waals surface area (Å²) in [5.74, 6) is -0.287. The Bertz CT molecular complexity index is 134. The van der Waals surface area contributed by atoms with E-state index in [0.29, 0.717) is 12.8 Å². The van der Waals surface area contributed by atoms with Crippen LogP contribution < -0.4 is 0 Å². The fraction of sp³-hybridized carbons (Fsp3) is 0.500. The van der Waals surface area contributed by atoms with E-state index >= 15 is 0 Å². The van der Waals surface area contributed by atoms with Gasteiger partial charge in [0, 0.05) is 12.8 Å². The molecule has 2 amide bonds. The SMILES string of the molecule is O=C1CCC(=O)N1Br.[AtH]. The van der Waals surface area contributed by atoms with Crippen molar-refractivity contribution in [3.8, 4) is 0 Å². The van der Waals surface area contributed by atoms with Crippen LogP contribution in [0, 0.1) is 26.2 Å². The summed E-state index contributed by atoms with van der Waals surface area (Å²) in [6.07, 6.45) is 0.703. The molecule has 0 unspecified atom stereocenters. The number of imide groups is 1. The third-order valence-corrected chi connectivity index (χ3v) is 1.78. The van der Waals surface area contributed by atoms with Crippen LogP contribution >= 0.6 is 16.1 Å². The molecule has 9 heavy (non-hydrogen) atoms. The molecule has 0 aromatic rings. The molecular weight excluding hydrogens is 384 g/mol. The van der Waals surface area contributed by atoms with Crippen LogP contribution in [0.3, 0.4) is 0 Å². The van der Waals surface area contributed by atoms with Crippen molar-refractivity contribution in [1.29, 1.82) is 0 Å². The van der Waals surface area contributed by atoms with Crippen LogP contribution in [0.1, 0.15) is 12.8 Å². The van der Waals surface area contributed by atoms with Crippen molar-refractivity contribution in [3.05, 3.63) is 0 Å². The number of hydrogen-bond donors (Lipinski definition) is 0. The Morgan fingerprint density at radius 2 is 1.56 bits per heavy atom. The summed E-state index contributed by atoms with van der Waals surface area (Å²) >= 11 is 2.80. The van der Waals surface area contributed by atoms with Crippen molar-refractivity contribution in [2.45, 2.75) is 12.8 Å². The summed E-state index contributed by atoms with van der Waals surface area (Å²) in [6.45, 7) is 0. The van der Waals surface area contributed by atoms with Crippen molar-refractivity contribution in [3.63, 3.8) is 0 Å². The van der Waals surface area contributed by atoms with E-state index in [1.807, 2.05) is 0 Å². The minimum absolute atomic E-state index is 0. The van der Waals surface area contributed by atoms with Crippen molar-refractivity contribution < 1.29 is 35.8 Å². The summed E-state index contributed by atoms with van der Waals surface area (Å²) in [4.78, 5) is 20.9. The van der Waals surface area contributed by atoms with E-state index in [1.165, 1.54) is 0 Å². The minimum atomic E-state index is -0.144. The van der Waals surface area contributed by atoms with Gasteiger partial charge in [-0.25, -0.2) is 3.93 Å². The van der Waals surface area contributed by atoms with E-state index in [-0.39, 0.29) is 38.0 Å². The molecule has 0 aromatic heterocycles. The number of halogens is 1. The molecule has 0 saturated carbocycles. The third-order valence-electron chi connectivity index (χ3n) is 0.991. The Kier molecular flexibility index (Phi) is 3.82. The van der Waals surface area contributed by atoms with Gasteiger partial charge in [0.1, 0.15) is 0 Å². The second kappa shape index (κ2) is 3.62. The monoisotopic (exact) mass is 388 g/mol. The van der Waals surface area contributed by atoms with Crippen molar-refractivity contribution >= 4 is 28.0 Å². The first kappa shape index (κ1) is 9.50. The van der Waals surface area contributed by atoms with Gasteiger partial charge < -0.3 is 0 Å². The topological polar surface area (TPSA) is 37.4 Å². The Labute approximate surface area is 80.2 Å². The number of amides is 2. The van der Waals surface area contributed by atoms with Crippen LogP contribution in [-0.2, 0) is 9.59 Å². The molecule has 0 aliphatic carbocycles. The Balaban J connectivity index is 0.000000640. The fourth-order valence-corrected chi connectivity index (χ4v) is 0.904. The van der Waals surface area contributed by atoms with Gasteiger partial charge in [-0.15, -0.1) is 0 Å². The molecule has 3 nitrogen and oxygen atoms in total. The van der Waals surface area contributed by atoms with Crippen LogP contribution in [0.5, 0.6) is 0 Å². The second-order valence-corrected chi connectivity index (χ2v) is 2.28. The second-order valence-electron chi connectivity index (χ2n) is 1.57. The molecule has 0 aromatic carbocycles. The molecule has 1 fully saturated rings. The van der Waals surface area contributed by atoms with E-state index in [4.69, 9.17) is 0 Å². The number of nitrogens with zero attached hydrogens (tertiary/aromatic N) is 1. The van der Waals surface area contributed by atoms with Crippen LogP contribution in [-0.4, -0.2) is 15.7 Å². The van der Waals surface area contributed by atoms with Crippen LogP contribution in [0.2, 0.25) is 0 Å². The van der Waals surface area contributed by atoms with Gasteiger partial charge in [0.2, 0.25) is 11.8 Å². The summed E-state index contributed by atoms with van der Waals surface area (Å²) in [7, 11) is 0. The Morgan fingerprint density at radius 1 is 1.22 bits per heavy atom. The first-order valence-electron chi connectivity index (χ1n) is 2.23.